The maximum Gasteiger partial charge on any atom is 0.410 e. The minimum Gasteiger partial charge on any atom is -0.441 e. The molecule has 13 heteroatoms. The van der Waals surface area contributed by atoms with Crippen LogP contribution in [0.15, 0.2) is 29.2 Å². The molecule has 3 heterocycles. The number of amides is 2. The van der Waals surface area contributed by atoms with Gasteiger partial charge in [0.2, 0.25) is 15.9 Å². The Bertz CT molecular complexity index is 1130. The Morgan fingerprint density at radius 1 is 1.14 bits per heavy atom. The number of rotatable bonds is 6. The number of hydrogen-bond acceptors (Lipinski definition) is 8. The van der Waals surface area contributed by atoms with Crippen molar-refractivity contribution in [1.29, 1.82) is 0 Å². The van der Waals surface area contributed by atoms with E-state index in [0.717, 1.165) is 17.1 Å². The molecule has 11 nitrogen and oxygen atoms in total. The molecule has 3 saturated heterocycles. The minimum absolute atomic E-state index is 0.00474. The number of likely N-dealkylation sites (tertiary alicyclic amines) is 1. The van der Waals surface area contributed by atoms with E-state index in [4.69, 9.17) is 21.1 Å². The predicted molar refractivity (Wildman–Crippen MR) is 133 cm³/mol. The molecule has 0 radical (unpaired) electrons. The molecule has 1 aromatic rings. The van der Waals surface area contributed by atoms with Crippen LogP contribution in [0.3, 0.4) is 0 Å². The summed E-state index contributed by atoms with van der Waals surface area (Å²) < 4.78 is 39.6. The SMILES string of the molecule is CN(C)CC(=O)N1C2CCC1CN(C(=O)OC1([C@H]3COC[C@@H](O)N3S(=O)(=O)c3ccc(Cl)cc3)CC1)C2. The van der Waals surface area contributed by atoms with E-state index >= 15 is 0 Å². The van der Waals surface area contributed by atoms with Crippen molar-refractivity contribution in [2.24, 2.45) is 0 Å². The van der Waals surface area contributed by atoms with E-state index < -0.39 is 34.0 Å². The quantitative estimate of drug-likeness (QED) is 0.550. The molecule has 1 saturated carbocycles. The number of piperazine rings is 1. The van der Waals surface area contributed by atoms with Gasteiger partial charge in [-0.1, -0.05) is 11.6 Å². The van der Waals surface area contributed by atoms with Gasteiger partial charge in [-0.3, -0.25) is 4.79 Å². The summed E-state index contributed by atoms with van der Waals surface area (Å²) in [6, 6.07) is 4.72. The average molecular weight is 557 g/mol. The van der Waals surface area contributed by atoms with Gasteiger partial charge in [-0.15, -0.1) is 0 Å². The number of aliphatic hydroxyl groups is 1. The molecule has 1 aromatic carbocycles. The molecule has 4 fully saturated rings. The molecule has 1 aliphatic carbocycles. The Balaban J connectivity index is 1.31. The molecule has 1 N–H and O–H groups in total. The smallest absolute Gasteiger partial charge is 0.410 e. The van der Waals surface area contributed by atoms with Crippen molar-refractivity contribution in [3.05, 3.63) is 29.3 Å². The topological polar surface area (TPSA) is 120 Å². The van der Waals surface area contributed by atoms with Crippen LogP contribution in [0.4, 0.5) is 4.79 Å². The van der Waals surface area contributed by atoms with Crippen molar-refractivity contribution >= 4 is 33.6 Å². The van der Waals surface area contributed by atoms with Crippen LogP contribution in [0.1, 0.15) is 25.7 Å². The van der Waals surface area contributed by atoms with Crippen molar-refractivity contribution in [3.8, 4) is 0 Å². The van der Waals surface area contributed by atoms with Crippen LogP contribution in [-0.2, 0) is 24.3 Å². The van der Waals surface area contributed by atoms with Gasteiger partial charge in [0.15, 0.2) is 0 Å². The second kappa shape index (κ2) is 9.97. The molecule has 0 aromatic heterocycles. The molecule has 5 rings (SSSR count). The van der Waals surface area contributed by atoms with Gasteiger partial charge in [-0.05, 0) is 64.0 Å². The van der Waals surface area contributed by atoms with Crippen LogP contribution in [-0.4, -0.2) is 121 Å². The normalized spacial score (nSPS) is 29.4. The van der Waals surface area contributed by atoms with Crippen LogP contribution < -0.4 is 0 Å². The Morgan fingerprint density at radius 2 is 1.76 bits per heavy atom. The third-order valence-electron chi connectivity index (χ3n) is 7.65. The molecule has 3 aliphatic heterocycles. The number of benzene rings is 1. The van der Waals surface area contributed by atoms with Crippen LogP contribution in [0.2, 0.25) is 5.02 Å². The number of halogens is 1. The maximum absolute atomic E-state index is 13.5. The first-order valence-corrected chi connectivity index (χ1v) is 14.3. The van der Waals surface area contributed by atoms with Gasteiger partial charge in [0.1, 0.15) is 11.8 Å². The van der Waals surface area contributed by atoms with Gasteiger partial charge < -0.3 is 29.3 Å². The van der Waals surface area contributed by atoms with E-state index in [1.54, 1.807) is 4.90 Å². The van der Waals surface area contributed by atoms with Gasteiger partial charge in [-0.25, -0.2) is 13.2 Å². The number of hydrogen-bond donors (Lipinski definition) is 1. The van der Waals surface area contributed by atoms with Gasteiger partial charge in [-0.2, -0.15) is 4.31 Å². The fraction of sp³-hybridized carbons (Fsp3) is 0.667. The number of carbonyl (C=O) groups is 2. The zero-order chi connectivity index (χ0) is 26.5. The minimum atomic E-state index is -4.12. The van der Waals surface area contributed by atoms with E-state index in [0.29, 0.717) is 37.5 Å². The van der Waals surface area contributed by atoms with Gasteiger partial charge in [0.05, 0.1) is 30.7 Å². The van der Waals surface area contributed by atoms with Crippen molar-refractivity contribution in [1.82, 2.24) is 19.0 Å². The van der Waals surface area contributed by atoms with Crippen LogP contribution in [0.25, 0.3) is 0 Å². The monoisotopic (exact) mass is 556 g/mol. The first kappa shape index (κ1) is 26.6. The number of likely N-dealkylation sites (N-methyl/N-ethyl adjacent to an activating group) is 1. The number of fused-ring (bicyclic) bond motifs is 2. The Labute approximate surface area is 221 Å². The number of morpholine rings is 1. The Kier molecular flexibility index (Phi) is 7.18. The summed E-state index contributed by atoms with van der Waals surface area (Å²) in [5.74, 6) is 0.0561. The maximum atomic E-state index is 13.5. The van der Waals surface area contributed by atoms with E-state index in [9.17, 15) is 23.1 Å². The van der Waals surface area contributed by atoms with E-state index in [1.807, 2.05) is 23.9 Å². The first-order valence-electron chi connectivity index (χ1n) is 12.5. The van der Waals surface area contributed by atoms with Gasteiger partial charge >= 0.3 is 6.09 Å². The summed E-state index contributed by atoms with van der Waals surface area (Å²) >= 11 is 5.93. The highest BCUT2D eigenvalue weighted by Gasteiger charge is 2.61. The molecule has 4 aliphatic rings. The van der Waals surface area contributed by atoms with E-state index in [1.165, 1.54) is 24.3 Å². The van der Waals surface area contributed by atoms with Crippen molar-refractivity contribution in [2.75, 3.05) is 46.9 Å². The zero-order valence-corrected chi connectivity index (χ0v) is 22.5. The fourth-order valence-electron chi connectivity index (χ4n) is 5.76. The van der Waals surface area contributed by atoms with Gasteiger partial charge in [0.25, 0.3) is 0 Å². The molecular formula is C24H33ClN4O7S. The summed E-state index contributed by atoms with van der Waals surface area (Å²) in [5.41, 5.74) is -1.09. The summed E-state index contributed by atoms with van der Waals surface area (Å²) in [6.45, 7) is 0.889. The van der Waals surface area contributed by atoms with Crippen LogP contribution >= 0.6 is 11.6 Å². The number of carbonyl (C=O) groups excluding carboxylic acids is 2. The second-order valence-electron chi connectivity index (χ2n) is 10.6. The molecule has 2 bridgehead atoms. The summed E-state index contributed by atoms with van der Waals surface area (Å²) in [6.07, 6.45) is 0.625. The average Bonchev–Trinajstić information content (AvgIpc) is 3.56. The summed E-state index contributed by atoms with van der Waals surface area (Å²) in [5, 5.41) is 11.1. The highest BCUT2D eigenvalue weighted by atomic mass is 35.5. The molecule has 37 heavy (non-hydrogen) atoms. The molecule has 2 unspecified atom stereocenters. The lowest BCUT2D eigenvalue weighted by Crippen LogP contribution is -2.62. The molecule has 0 spiro atoms. The lowest BCUT2D eigenvalue weighted by atomic mass is 10.1. The lowest BCUT2D eigenvalue weighted by Gasteiger charge is -2.44. The summed E-state index contributed by atoms with van der Waals surface area (Å²) in [4.78, 5) is 31.4. The molecular weight excluding hydrogens is 524 g/mol. The standard InChI is InChI=1S/C24H33ClN4O7S/c1-26(2)13-21(30)28-17-5-6-18(28)12-27(11-17)23(32)36-24(9-10-24)20-14-35-15-22(31)29(20)37(33,34)19-7-3-16(25)4-8-19/h3-4,7-8,17-18,20,22,31H,5-6,9-15H2,1-2H3/t17?,18?,20-,22-/m1/s1. The third kappa shape index (κ3) is 5.07. The Morgan fingerprint density at radius 3 is 2.32 bits per heavy atom. The zero-order valence-electron chi connectivity index (χ0n) is 21.0. The predicted octanol–water partition coefficient (Wildman–Crippen LogP) is 0.954. The van der Waals surface area contributed by atoms with Crippen LogP contribution in [0, 0.1) is 0 Å². The van der Waals surface area contributed by atoms with Crippen LogP contribution in [0.5, 0.6) is 0 Å². The largest absolute Gasteiger partial charge is 0.441 e. The lowest BCUT2D eigenvalue weighted by molar-refractivity contribution is -0.139. The summed E-state index contributed by atoms with van der Waals surface area (Å²) in [7, 11) is -0.420. The van der Waals surface area contributed by atoms with Crippen molar-refractivity contribution in [2.45, 2.75) is 60.5 Å². The van der Waals surface area contributed by atoms with E-state index in [2.05, 4.69) is 0 Å². The Hall–Kier alpha value is -1.96. The second-order valence-corrected chi connectivity index (χ2v) is 12.9. The molecule has 2 amide bonds. The molecule has 4 atom stereocenters. The van der Waals surface area contributed by atoms with Crippen molar-refractivity contribution in [3.63, 3.8) is 0 Å². The number of ether oxygens (including phenoxy) is 2. The number of aliphatic hydroxyl groups excluding tert-OH is 1. The fourth-order valence-corrected chi connectivity index (χ4v) is 7.57. The highest BCUT2D eigenvalue weighted by Crippen LogP contribution is 2.48. The van der Waals surface area contributed by atoms with E-state index in [-0.39, 0.29) is 36.1 Å². The van der Waals surface area contributed by atoms with Gasteiger partial charge in [0, 0.05) is 30.2 Å². The first-order chi connectivity index (χ1) is 17.5. The van der Waals surface area contributed by atoms with Crippen molar-refractivity contribution < 1.29 is 32.6 Å². The molecule has 204 valence electrons. The number of nitrogens with zero attached hydrogens (tertiary/aromatic N) is 4. The third-order valence-corrected chi connectivity index (χ3v) is 9.83. The number of sulfonamides is 1. The highest BCUT2D eigenvalue weighted by molar-refractivity contribution is 7.89.